The minimum Gasteiger partial charge on any atom is -0.393 e. The molecule has 2 aliphatic rings. The summed E-state index contributed by atoms with van der Waals surface area (Å²) in [7, 11) is 1.67. The van der Waals surface area contributed by atoms with E-state index in [9.17, 15) is 5.11 Å². The number of allylic oxidation sites excluding steroid dienone is 2. The van der Waals surface area contributed by atoms with Gasteiger partial charge in [0.2, 0.25) is 0 Å². The van der Waals surface area contributed by atoms with Gasteiger partial charge in [-0.25, -0.2) is 0 Å². The number of hydrogen-bond donors (Lipinski definition) is 1. The van der Waals surface area contributed by atoms with Crippen LogP contribution in [0, 0.1) is 17.3 Å². The average Bonchev–Trinajstić information content (AvgIpc) is 2.83. The van der Waals surface area contributed by atoms with Gasteiger partial charge < -0.3 is 14.6 Å². The zero-order valence-electron chi connectivity index (χ0n) is 15.7. The molecule has 4 atom stereocenters. The second kappa shape index (κ2) is 7.67. The highest BCUT2D eigenvalue weighted by atomic mass is 16.7. The third-order valence-electron chi connectivity index (χ3n) is 6.24. The van der Waals surface area contributed by atoms with Crippen molar-refractivity contribution in [3.63, 3.8) is 0 Å². The first kappa shape index (κ1) is 19.0. The predicted octanol–water partition coefficient (Wildman–Crippen LogP) is 4.69. The first-order chi connectivity index (χ1) is 10.8. The molecule has 3 nitrogen and oxygen atoms in total. The Bertz CT molecular complexity index is 415. The third-order valence-corrected chi connectivity index (χ3v) is 6.24. The summed E-state index contributed by atoms with van der Waals surface area (Å²) in [6.45, 7) is 9.40. The summed E-state index contributed by atoms with van der Waals surface area (Å²) in [5, 5.41) is 10.3. The molecule has 0 heterocycles. The molecule has 134 valence electrons. The molecule has 0 spiro atoms. The number of aliphatic hydroxyl groups is 1. The molecule has 0 aliphatic heterocycles. The van der Waals surface area contributed by atoms with Crippen LogP contribution in [0.4, 0.5) is 0 Å². The maximum Gasteiger partial charge on any atom is 0.147 e. The molecule has 0 radical (unpaired) electrons. The minimum atomic E-state index is -0.118. The maximum absolute atomic E-state index is 10.3. The van der Waals surface area contributed by atoms with E-state index in [1.807, 2.05) is 0 Å². The van der Waals surface area contributed by atoms with Gasteiger partial charge >= 0.3 is 0 Å². The van der Waals surface area contributed by atoms with Gasteiger partial charge in [-0.05, 0) is 69.6 Å². The first-order valence-electron chi connectivity index (χ1n) is 9.31. The van der Waals surface area contributed by atoms with Crippen molar-refractivity contribution < 1.29 is 14.6 Å². The van der Waals surface area contributed by atoms with Crippen LogP contribution in [0.2, 0.25) is 0 Å². The number of rotatable bonds is 8. The van der Waals surface area contributed by atoms with E-state index >= 15 is 0 Å². The Morgan fingerprint density at radius 2 is 2.17 bits per heavy atom. The van der Waals surface area contributed by atoms with Crippen molar-refractivity contribution in [1.29, 1.82) is 0 Å². The van der Waals surface area contributed by atoms with Crippen molar-refractivity contribution in [2.45, 2.75) is 84.3 Å². The Labute approximate surface area is 142 Å². The predicted molar refractivity (Wildman–Crippen MR) is 94.2 cm³/mol. The zero-order chi connectivity index (χ0) is 17.1. The van der Waals surface area contributed by atoms with Gasteiger partial charge in [0.25, 0.3) is 0 Å². The largest absolute Gasteiger partial charge is 0.393 e. The number of aliphatic hydroxyl groups excluding tert-OH is 1. The summed E-state index contributed by atoms with van der Waals surface area (Å²) >= 11 is 0. The van der Waals surface area contributed by atoms with Crippen LogP contribution < -0.4 is 0 Å². The number of hydrogen-bond acceptors (Lipinski definition) is 3. The molecular weight excluding hydrogens is 288 g/mol. The lowest BCUT2D eigenvalue weighted by molar-refractivity contribution is -0.117. The van der Waals surface area contributed by atoms with Gasteiger partial charge in [-0.2, -0.15) is 0 Å². The van der Waals surface area contributed by atoms with Crippen molar-refractivity contribution in [2.75, 3.05) is 13.9 Å². The fraction of sp³-hybridized carbons (Fsp3) is 0.900. The molecule has 2 rings (SSSR count). The summed E-state index contributed by atoms with van der Waals surface area (Å²) in [6, 6.07) is 0. The topological polar surface area (TPSA) is 38.7 Å². The van der Waals surface area contributed by atoms with Crippen molar-refractivity contribution in [2.24, 2.45) is 17.3 Å². The lowest BCUT2D eigenvalue weighted by atomic mass is 9.63. The van der Waals surface area contributed by atoms with Gasteiger partial charge in [-0.15, -0.1) is 0 Å². The summed E-state index contributed by atoms with van der Waals surface area (Å²) in [5.41, 5.74) is 1.73. The highest BCUT2D eigenvalue weighted by Crippen LogP contribution is 2.55. The maximum atomic E-state index is 10.3. The van der Waals surface area contributed by atoms with Gasteiger partial charge in [-0.3, -0.25) is 0 Å². The van der Waals surface area contributed by atoms with E-state index < -0.39 is 0 Å². The molecule has 0 bridgehead atoms. The van der Waals surface area contributed by atoms with E-state index in [2.05, 4.69) is 33.8 Å². The highest BCUT2D eigenvalue weighted by Gasteiger charge is 2.47. The molecule has 1 fully saturated rings. The number of methoxy groups -OCH3 is 1. The van der Waals surface area contributed by atoms with Crippen LogP contribution in [0.1, 0.15) is 72.6 Å². The van der Waals surface area contributed by atoms with Crippen LogP contribution in [0.3, 0.4) is 0 Å². The molecule has 0 aromatic carbocycles. The Morgan fingerprint density at radius 3 is 2.87 bits per heavy atom. The first-order valence-corrected chi connectivity index (χ1v) is 9.31. The van der Waals surface area contributed by atoms with Crippen LogP contribution in [-0.4, -0.2) is 30.7 Å². The van der Waals surface area contributed by atoms with Gasteiger partial charge in [0.05, 0.1) is 11.7 Å². The smallest absolute Gasteiger partial charge is 0.147 e. The van der Waals surface area contributed by atoms with Crippen LogP contribution in [-0.2, 0) is 9.47 Å². The molecule has 0 unspecified atom stereocenters. The number of fused-ring (bicyclic) bond motifs is 1. The van der Waals surface area contributed by atoms with E-state index in [-0.39, 0.29) is 17.1 Å². The van der Waals surface area contributed by atoms with Crippen molar-refractivity contribution in [1.82, 2.24) is 0 Å². The summed E-state index contributed by atoms with van der Waals surface area (Å²) in [6.07, 6.45) is 10.2. The SMILES string of the molecule is COCOC(C)(C)CCC[C@H](C)C1=CC[C@H]2[C@@H](O)CCC[C@]12C. The van der Waals surface area contributed by atoms with E-state index in [1.54, 1.807) is 12.7 Å². The monoisotopic (exact) mass is 324 g/mol. The minimum absolute atomic E-state index is 0.101. The normalized spacial score (nSPS) is 32.5. The molecule has 0 amide bonds. The van der Waals surface area contributed by atoms with Gasteiger partial charge in [0, 0.05) is 7.11 Å². The molecule has 0 aromatic heterocycles. The fourth-order valence-corrected chi connectivity index (χ4v) is 4.80. The Balaban J connectivity index is 1.85. The van der Waals surface area contributed by atoms with Crippen LogP contribution in [0.15, 0.2) is 11.6 Å². The van der Waals surface area contributed by atoms with E-state index in [0.29, 0.717) is 18.6 Å². The standard InChI is InChI=1S/C20H36O3/c1-15(8-6-12-19(2,3)23-14-22-5)16-10-11-17-18(21)9-7-13-20(16,17)4/h10,15,17-18,21H,6-9,11-14H2,1-5H3/t15-,17-,18-,20+/m0/s1. The molecule has 0 aromatic rings. The summed E-state index contributed by atoms with van der Waals surface area (Å²) in [4.78, 5) is 0. The van der Waals surface area contributed by atoms with Crippen LogP contribution in [0.5, 0.6) is 0 Å². The quantitative estimate of drug-likeness (QED) is 0.520. The summed E-state index contributed by atoms with van der Waals surface area (Å²) in [5.74, 6) is 1.06. The summed E-state index contributed by atoms with van der Waals surface area (Å²) < 4.78 is 10.7. The van der Waals surface area contributed by atoms with Crippen molar-refractivity contribution in [3.8, 4) is 0 Å². The van der Waals surface area contributed by atoms with E-state index in [1.165, 1.54) is 19.3 Å². The second-order valence-electron chi connectivity index (χ2n) is 8.48. The Kier molecular flexibility index (Phi) is 6.32. The van der Waals surface area contributed by atoms with Gasteiger partial charge in [-0.1, -0.05) is 31.9 Å². The van der Waals surface area contributed by atoms with E-state index in [0.717, 1.165) is 25.7 Å². The Hall–Kier alpha value is -0.380. The lowest BCUT2D eigenvalue weighted by Crippen LogP contribution is -2.39. The molecule has 3 heteroatoms. The molecule has 1 N–H and O–H groups in total. The second-order valence-corrected chi connectivity index (χ2v) is 8.48. The highest BCUT2D eigenvalue weighted by molar-refractivity contribution is 5.26. The zero-order valence-corrected chi connectivity index (χ0v) is 15.7. The molecule has 0 saturated heterocycles. The molecule has 2 aliphatic carbocycles. The van der Waals surface area contributed by atoms with Crippen molar-refractivity contribution >= 4 is 0 Å². The molecule has 1 saturated carbocycles. The van der Waals surface area contributed by atoms with Crippen LogP contribution >= 0.6 is 0 Å². The van der Waals surface area contributed by atoms with E-state index in [4.69, 9.17) is 9.47 Å². The fourth-order valence-electron chi connectivity index (χ4n) is 4.80. The van der Waals surface area contributed by atoms with Gasteiger partial charge in [0.1, 0.15) is 6.79 Å². The van der Waals surface area contributed by atoms with Crippen LogP contribution in [0.25, 0.3) is 0 Å². The lowest BCUT2D eigenvalue weighted by Gasteiger charge is -2.43. The van der Waals surface area contributed by atoms with Crippen molar-refractivity contribution in [3.05, 3.63) is 11.6 Å². The Morgan fingerprint density at radius 1 is 1.43 bits per heavy atom. The average molecular weight is 325 g/mol. The molecule has 23 heavy (non-hydrogen) atoms. The van der Waals surface area contributed by atoms with Gasteiger partial charge in [0.15, 0.2) is 0 Å². The third kappa shape index (κ3) is 4.37. The number of ether oxygens (including phenoxy) is 2. The molecular formula is C20H36O3.